The van der Waals surface area contributed by atoms with Crippen LogP contribution in [0.3, 0.4) is 0 Å². The van der Waals surface area contributed by atoms with Crippen molar-refractivity contribution in [3.05, 3.63) is 63.1 Å². The molecule has 2 rings (SSSR count). The number of ether oxygens (including phenoxy) is 1. The Kier molecular flexibility index (Phi) is 9.18. The van der Waals surface area contributed by atoms with Gasteiger partial charge in [0.1, 0.15) is 11.8 Å². The molecule has 0 aliphatic carbocycles. The molecule has 1 N–H and O–H groups in total. The molecule has 0 aliphatic heterocycles. The quantitative estimate of drug-likeness (QED) is 0.534. The van der Waals surface area contributed by atoms with Crippen molar-refractivity contribution in [3.63, 3.8) is 0 Å². The molecule has 2 aromatic carbocycles. The monoisotopic (exact) mass is 494 g/mol. The number of aryl methyl sites for hydroxylation is 1. The van der Waals surface area contributed by atoms with E-state index in [-0.39, 0.29) is 25.0 Å². The molecule has 0 aliphatic rings. The molecular formula is C23H28BrClN2O3. The number of benzene rings is 2. The highest BCUT2D eigenvalue weighted by molar-refractivity contribution is 9.10. The van der Waals surface area contributed by atoms with Crippen molar-refractivity contribution >= 4 is 39.3 Å². The third-order valence-corrected chi connectivity index (χ3v) is 5.71. The van der Waals surface area contributed by atoms with Crippen LogP contribution in [0.5, 0.6) is 5.75 Å². The molecule has 0 spiro atoms. The fourth-order valence-corrected chi connectivity index (χ4v) is 3.26. The van der Waals surface area contributed by atoms with Crippen molar-refractivity contribution < 1.29 is 14.3 Å². The zero-order valence-corrected chi connectivity index (χ0v) is 20.1. The molecule has 7 heteroatoms. The summed E-state index contributed by atoms with van der Waals surface area (Å²) in [6.45, 7) is 8.37. The van der Waals surface area contributed by atoms with Crippen molar-refractivity contribution in [2.24, 2.45) is 5.92 Å². The first-order chi connectivity index (χ1) is 14.2. The summed E-state index contributed by atoms with van der Waals surface area (Å²) in [5.41, 5.74) is 1.86. The Balaban J connectivity index is 2.14. The van der Waals surface area contributed by atoms with Gasteiger partial charge < -0.3 is 15.0 Å². The summed E-state index contributed by atoms with van der Waals surface area (Å²) >= 11 is 9.54. The SMILES string of the molecule is Cc1cc(OCC(=O)N(Cc2cccc(Cl)c2)[C@@H](C)C(=O)NCC(C)C)ccc1Br. The van der Waals surface area contributed by atoms with E-state index in [9.17, 15) is 9.59 Å². The summed E-state index contributed by atoms with van der Waals surface area (Å²) < 4.78 is 6.68. The standard InChI is InChI=1S/C23H28BrClN2O3/c1-15(2)12-26-23(29)17(4)27(13-18-6-5-7-19(25)11-18)22(28)14-30-20-8-9-21(24)16(3)10-20/h5-11,15,17H,12-14H2,1-4H3,(H,26,29)/t17-/m0/s1. The first-order valence-electron chi connectivity index (χ1n) is 9.88. The average molecular weight is 496 g/mol. The van der Waals surface area contributed by atoms with Gasteiger partial charge >= 0.3 is 0 Å². The van der Waals surface area contributed by atoms with Crippen molar-refractivity contribution in [2.75, 3.05) is 13.2 Å². The maximum Gasteiger partial charge on any atom is 0.261 e. The molecule has 162 valence electrons. The largest absolute Gasteiger partial charge is 0.484 e. The van der Waals surface area contributed by atoms with Crippen molar-refractivity contribution in [1.82, 2.24) is 10.2 Å². The predicted molar refractivity (Wildman–Crippen MR) is 124 cm³/mol. The zero-order valence-electron chi connectivity index (χ0n) is 17.7. The fourth-order valence-electron chi connectivity index (χ4n) is 2.80. The third kappa shape index (κ3) is 7.33. The fraction of sp³-hybridized carbons (Fsp3) is 0.391. The molecule has 2 amide bonds. The molecule has 0 saturated heterocycles. The van der Waals surface area contributed by atoms with Gasteiger partial charge in [-0.2, -0.15) is 0 Å². The molecular weight excluding hydrogens is 468 g/mol. The topological polar surface area (TPSA) is 58.6 Å². The minimum atomic E-state index is -0.648. The molecule has 0 aromatic heterocycles. The first kappa shape index (κ1) is 24.2. The Morgan fingerprint density at radius 3 is 2.53 bits per heavy atom. The van der Waals surface area contributed by atoms with E-state index in [0.29, 0.717) is 23.2 Å². The molecule has 0 radical (unpaired) electrons. The Morgan fingerprint density at radius 1 is 1.17 bits per heavy atom. The van der Waals surface area contributed by atoms with Crippen LogP contribution in [0.1, 0.15) is 31.9 Å². The molecule has 0 fully saturated rings. The second-order valence-corrected chi connectivity index (χ2v) is 8.96. The van der Waals surface area contributed by atoms with Gasteiger partial charge in [-0.1, -0.05) is 53.5 Å². The van der Waals surface area contributed by atoms with Crippen LogP contribution in [0.2, 0.25) is 5.02 Å². The van der Waals surface area contributed by atoms with E-state index < -0.39 is 6.04 Å². The summed E-state index contributed by atoms with van der Waals surface area (Å²) in [6.07, 6.45) is 0. The normalized spacial score (nSPS) is 11.8. The Labute approximate surface area is 191 Å². The molecule has 2 aromatic rings. The van der Waals surface area contributed by atoms with Crippen molar-refractivity contribution in [3.8, 4) is 5.75 Å². The second kappa shape index (κ2) is 11.4. The molecule has 0 saturated carbocycles. The second-order valence-electron chi connectivity index (χ2n) is 7.67. The number of nitrogens with one attached hydrogen (secondary N) is 1. The van der Waals surface area contributed by atoms with E-state index in [4.69, 9.17) is 16.3 Å². The smallest absolute Gasteiger partial charge is 0.261 e. The molecule has 0 bridgehead atoms. The first-order valence-corrected chi connectivity index (χ1v) is 11.0. The highest BCUT2D eigenvalue weighted by Crippen LogP contribution is 2.22. The molecule has 30 heavy (non-hydrogen) atoms. The third-order valence-electron chi connectivity index (χ3n) is 4.59. The van der Waals surface area contributed by atoms with Gasteiger partial charge in [-0.05, 0) is 61.2 Å². The highest BCUT2D eigenvalue weighted by atomic mass is 79.9. The van der Waals surface area contributed by atoms with Crippen LogP contribution >= 0.6 is 27.5 Å². The number of nitrogens with zero attached hydrogens (tertiary/aromatic N) is 1. The minimum Gasteiger partial charge on any atom is -0.484 e. The van der Waals surface area contributed by atoms with Gasteiger partial charge in [-0.15, -0.1) is 0 Å². The van der Waals surface area contributed by atoms with Gasteiger partial charge in [0.15, 0.2) is 6.61 Å². The van der Waals surface area contributed by atoms with E-state index in [1.165, 1.54) is 4.90 Å². The molecule has 5 nitrogen and oxygen atoms in total. The van der Waals surface area contributed by atoms with E-state index in [0.717, 1.165) is 15.6 Å². The van der Waals surface area contributed by atoms with Crippen LogP contribution in [0.15, 0.2) is 46.9 Å². The summed E-state index contributed by atoms with van der Waals surface area (Å²) in [6, 6.07) is 12.1. The van der Waals surface area contributed by atoms with E-state index in [1.54, 1.807) is 25.1 Å². The summed E-state index contributed by atoms with van der Waals surface area (Å²) in [7, 11) is 0. The van der Waals surface area contributed by atoms with Gasteiger partial charge in [0, 0.05) is 22.6 Å². The predicted octanol–water partition coefficient (Wildman–Crippen LogP) is 4.98. The lowest BCUT2D eigenvalue weighted by molar-refractivity contribution is -0.142. The number of carbonyl (C=O) groups is 2. The summed E-state index contributed by atoms with van der Waals surface area (Å²) in [4.78, 5) is 27.2. The van der Waals surface area contributed by atoms with Crippen LogP contribution in [-0.4, -0.2) is 35.9 Å². The average Bonchev–Trinajstić information content (AvgIpc) is 2.70. The van der Waals surface area contributed by atoms with E-state index in [1.807, 2.05) is 45.0 Å². The van der Waals surface area contributed by atoms with Crippen LogP contribution in [0.4, 0.5) is 0 Å². The number of amides is 2. The lowest BCUT2D eigenvalue weighted by Gasteiger charge is -2.29. The number of hydrogen-bond donors (Lipinski definition) is 1. The van der Waals surface area contributed by atoms with Gasteiger partial charge in [-0.3, -0.25) is 9.59 Å². The molecule has 1 atom stereocenters. The summed E-state index contributed by atoms with van der Waals surface area (Å²) in [5.74, 6) is 0.451. The maximum absolute atomic E-state index is 13.0. The highest BCUT2D eigenvalue weighted by Gasteiger charge is 2.26. The van der Waals surface area contributed by atoms with Gasteiger partial charge in [0.25, 0.3) is 5.91 Å². The van der Waals surface area contributed by atoms with Crippen LogP contribution < -0.4 is 10.1 Å². The molecule has 0 unspecified atom stereocenters. The number of rotatable bonds is 9. The number of halogens is 2. The van der Waals surface area contributed by atoms with Gasteiger partial charge in [-0.25, -0.2) is 0 Å². The van der Waals surface area contributed by atoms with Crippen LogP contribution in [-0.2, 0) is 16.1 Å². The van der Waals surface area contributed by atoms with Crippen molar-refractivity contribution in [2.45, 2.75) is 40.3 Å². The van der Waals surface area contributed by atoms with E-state index >= 15 is 0 Å². The lowest BCUT2D eigenvalue weighted by atomic mass is 10.1. The van der Waals surface area contributed by atoms with E-state index in [2.05, 4.69) is 21.2 Å². The molecule has 0 heterocycles. The maximum atomic E-state index is 13.0. The number of carbonyl (C=O) groups excluding carboxylic acids is 2. The van der Waals surface area contributed by atoms with Gasteiger partial charge in [0.05, 0.1) is 0 Å². The van der Waals surface area contributed by atoms with Crippen LogP contribution in [0.25, 0.3) is 0 Å². The zero-order chi connectivity index (χ0) is 22.3. The Hall–Kier alpha value is -2.05. The Bertz CT molecular complexity index is 889. The summed E-state index contributed by atoms with van der Waals surface area (Å²) in [5, 5.41) is 3.48. The van der Waals surface area contributed by atoms with Crippen LogP contribution in [0, 0.1) is 12.8 Å². The minimum absolute atomic E-state index is 0.163. The lowest BCUT2D eigenvalue weighted by Crippen LogP contribution is -2.49. The number of hydrogen-bond acceptors (Lipinski definition) is 3. The van der Waals surface area contributed by atoms with Gasteiger partial charge in [0.2, 0.25) is 5.91 Å². The Morgan fingerprint density at radius 2 is 1.90 bits per heavy atom. The van der Waals surface area contributed by atoms with Crippen molar-refractivity contribution in [1.29, 1.82) is 0 Å².